The van der Waals surface area contributed by atoms with Crippen LogP contribution in [-0.2, 0) is 0 Å². The molecule has 8 nitrogen and oxygen atoms in total. The van der Waals surface area contributed by atoms with Crippen molar-refractivity contribution in [3.05, 3.63) is 140 Å². The lowest BCUT2D eigenvalue weighted by molar-refractivity contribution is 1.10. The van der Waals surface area contributed by atoms with Gasteiger partial charge in [-0.05, 0) is 66.8 Å². The summed E-state index contributed by atoms with van der Waals surface area (Å²) in [4.78, 5) is 53.4. The summed E-state index contributed by atoms with van der Waals surface area (Å²) in [5, 5.41) is 2.52. The number of nitrogens with one attached hydrogen (secondary N) is 2. The monoisotopic (exact) mass is 798 g/mol. The van der Waals surface area contributed by atoms with Gasteiger partial charge >= 0.3 is 0 Å². The van der Waals surface area contributed by atoms with Gasteiger partial charge in [-0.2, -0.15) is 0 Å². The molecular weight excluding hydrogens is 768 g/mol. The molecule has 0 atom stereocenters. The molecule has 0 saturated heterocycles. The molecule has 6 aromatic heterocycles. The van der Waals surface area contributed by atoms with Crippen molar-refractivity contribution in [1.29, 1.82) is 0 Å². The summed E-state index contributed by atoms with van der Waals surface area (Å²) in [6.07, 6.45) is 3.65. The number of fused-ring (bicyclic) bond motifs is 2. The molecule has 0 saturated carbocycles. The number of aromatic amines is 2. The van der Waals surface area contributed by atoms with Crippen LogP contribution in [-0.4, -0.2) is 41.4 Å². The Morgan fingerprint density at radius 1 is 0.655 bits per heavy atom. The lowest BCUT2D eigenvalue weighted by atomic mass is 9.95. The molecule has 8 aromatic rings. The molecule has 0 amide bonds. The van der Waals surface area contributed by atoms with Crippen molar-refractivity contribution in [1.82, 2.24) is 29.9 Å². The van der Waals surface area contributed by atoms with Gasteiger partial charge in [0.1, 0.15) is 21.6 Å². The van der Waals surface area contributed by atoms with E-state index < -0.39 is 0 Å². The minimum Gasteiger partial charge on any atom is -0.345 e. The molecule has 55 heavy (non-hydrogen) atoms. The first-order valence-corrected chi connectivity index (χ1v) is 20.2. The summed E-state index contributed by atoms with van der Waals surface area (Å²) in [5.74, 6) is 0. The number of H-pyrrole nitrogens is 2. The Morgan fingerprint density at radius 3 is 2.04 bits per heavy atom. The van der Waals surface area contributed by atoms with E-state index in [4.69, 9.17) is 38.2 Å². The maximum atomic E-state index is 13.8. The maximum absolute atomic E-state index is 13.8. The highest BCUT2D eigenvalue weighted by Gasteiger charge is 2.19. The maximum Gasteiger partial charge on any atom is 0.204 e. The molecule has 0 bridgehead atoms. The van der Waals surface area contributed by atoms with E-state index in [1.54, 1.807) is 24.4 Å². The molecule has 2 N–H and O–H groups in total. The quantitative estimate of drug-likeness (QED) is 0.115. The number of aryl methyl sites for hydroxylation is 1. The van der Waals surface area contributed by atoms with Crippen LogP contribution >= 0.6 is 46.7 Å². The Hall–Kier alpha value is -5.26. The SMILES string of the molecule is CSc1cc(=O)c2cc(-c3cc(C)nc(Cl)c3)c(-c3cccc(-c4cc(-c5cc6c(=O)c(SC(C)C)c[nH]c6nc5-c5ccccc5)cc(Cl)n4)c3)nc2[nH]1. The number of hydrogen-bond donors (Lipinski definition) is 2. The molecule has 0 aliphatic heterocycles. The number of aromatic nitrogens is 6. The van der Waals surface area contributed by atoms with Crippen LogP contribution in [0, 0.1) is 6.92 Å². The number of halogens is 2. The van der Waals surface area contributed by atoms with E-state index in [-0.39, 0.29) is 21.3 Å². The highest BCUT2D eigenvalue weighted by atomic mass is 35.5. The fraction of sp³-hybridized carbons (Fsp3) is 0.116. The van der Waals surface area contributed by atoms with Crippen LogP contribution in [0.2, 0.25) is 10.3 Å². The number of hydrogen-bond acceptors (Lipinski definition) is 8. The van der Waals surface area contributed by atoms with E-state index >= 15 is 0 Å². The van der Waals surface area contributed by atoms with Crippen molar-refractivity contribution in [2.24, 2.45) is 0 Å². The smallest absolute Gasteiger partial charge is 0.204 e. The minimum atomic E-state index is -0.130. The van der Waals surface area contributed by atoms with Crippen LogP contribution in [0.1, 0.15) is 19.5 Å². The number of rotatable bonds is 8. The predicted molar refractivity (Wildman–Crippen MR) is 229 cm³/mol. The van der Waals surface area contributed by atoms with Crippen LogP contribution in [0.25, 0.3) is 78.1 Å². The van der Waals surface area contributed by atoms with Crippen molar-refractivity contribution in [3.8, 4) is 56.0 Å². The van der Waals surface area contributed by atoms with Crippen molar-refractivity contribution in [2.75, 3.05) is 6.26 Å². The Kier molecular flexibility index (Phi) is 10.1. The molecule has 0 aliphatic rings. The van der Waals surface area contributed by atoms with Gasteiger partial charge in [0.2, 0.25) is 5.43 Å². The normalized spacial score (nSPS) is 11.5. The van der Waals surface area contributed by atoms with Crippen LogP contribution in [0.3, 0.4) is 0 Å². The Bertz CT molecular complexity index is 2890. The highest BCUT2D eigenvalue weighted by molar-refractivity contribution is 7.99. The van der Waals surface area contributed by atoms with E-state index in [9.17, 15) is 9.59 Å². The third kappa shape index (κ3) is 7.43. The van der Waals surface area contributed by atoms with E-state index in [0.717, 1.165) is 44.6 Å². The van der Waals surface area contributed by atoms with Gasteiger partial charge in [-0.1, -0.05) is 85.6 Å². The van der Waals surface area contributed by atoms with Crippen molar-refractivity contribution in [2.45, 2.75) is 35.9 Å². The number of thioether (sulfide) groups is 2. The first-order chi connectivity index (χ1) is 26.5. The zero-order valence-corrected chi connectivity index (χ0v) is 33.2. The van der Waals surface area contributed by atoms with Gasteiger partial charge in [0.05, 0.1) is 37.8 Å². The second-order valence-corrected chi connectivity index (χ2v) is 16.5. The van der Waals surface area contributed by atoms with Gasteiger partial charge in [-0.3, -0.25) is 9.59 Å². The molecule has 6 heterocycles. The summed E-state index contributed by atoms with van der Waals surface area (Å²) in [5.41, 5.74) is 8.94. The molecule has 12 heteroatoms. The Labute approximate surface area is 334 Å². The molecule has 0 radical (unpaired) electrons. The van der Waals surface area contributed by atoms with Crippen LogP contribution in [0.15, 0.2) is 123 Å². The highest BCUT2D eigenvalue weighted by Crippen LogP contribution is 2.38. The van der Waals surface area contributed by atoms with Crippen molar-refractivity contribution in [3.63, 3.8) is 0 Å². The van der Waals surface area contributed by atoms with Crippen molar-refractivity contribution < 1.29 is 0 Å². The van der Waals surface area contributed by atoms with Gasteiger partial charge in [0.25, 0.3) is 0 Å². The minimum absolute atomic E-state index is 0.0794. The fourth-order valence-electron chi connectivity index (χ4n) is 6.61. The van der Waals surface area contributed by atoms with Gasteiger partial charge in [-0.15, -0.1) is 23.5 Å². The van der Waals surface area contributed by atoms with Crippen LogP contribution < -0.4 is 10.9 Å². The van der Waals surface area contributed by atoms with Crippen molar-refractivity contribution >= 4 is 68.8 Å². The number of benzene rings is 2. The zero-order chi connectivity index (χ0) is 38.4. The zero-order valence-electron chi connectivity index (χ0n) is 30.1. The van der Waals surface area contributed by atoms with Crippen LogP contribution in [0.4, 0.5) is 0 Å². The lowest BCUT2D eigenvalue weighted by Gasteiger charge is -2.15. The molecular formula is C43H32Cl2N6O2S2. The molecule has 0 fully saturated rings. The molecule has 0 spiro atoms. The average molecular weight is 800 g/mol. The lowest BCUT2D eigenvalue weighted by Crippen LogP contribution is -2.09. The third-order valence-corrected chi connectivity index (χ3v) is 11.1. The first kappa shape index (κ1) is 36.7. The summed E-state index contributed by atoms with van der Waals surface area (Å²) in [6, 6.07) is 30.5. The average Bonchev–Trinajstić information content (AvgIpc) is 3.17. The second-order valence-electron chi connectivity index (χ2n) is 13.2. The standard InChI is InChI=1S/C43H32Cl2N6O2S2/c1-22(2)55-35-21-46-42-32(41(35)53)19-30(39(50-42)24-9-6-5-7-10-24)28-15-33(48-37(45)17-28)25-11-8-12-26(14-25)40-29(27-13-23(3)47-36(44)16-27)18-31-34(52)20-38(54-4)49-43(31)51-40/h5-22H,1-4H3,(H,46,50,53)(H,49,51,52). The largest absolute Gasteiger partial charge is 0.345 e. The fourth-order valence-corrected chi connectivity index (χ4v) is 8.35. The summed E-state index contributed by atoms with van der Waals surface area (Å²) in [6.45, 7) is 5.99. The molecule has 0 aliphatic carbocycles. The summed E-state index contributed by atoms with van der Waals surface area (Å²) >= 11 is 16.2. The van der Waals surface area contributed by atoms with Gasteiger partial charge in [-0.25, -0.2) is 19.9 Å². The summed E-state index contributed by atoms with van der Waals surface area (Å²) < 4.78 is 0. The Balaban J connectivity index is 1.32. The topological polar surface area (TPSA) is 117 Å². The third-order valence-electron chi connectivity index (χ3n) is 9.02. The molecule has 0 unspecified atom stereocenters. The summed E-state index contributed by atoms with van der Waals surface area (Å²) in [7, 11) is 0. The predicted octanol–water partition coefficient (Wildman–Crippen LogP) is 11.1. The molecule has 2 aromatic carbocycles. The number of nitrogens with zero attached hydrogens (tertiary/aromatic N) is 4. The van der Waals surface area contributed by atoms with Gasteiger partial charge in [0, 0.05) is 51.0 Å². The first-order valence-electron chi connectivity index (χ1n) is 17.4. The van der Waals surface area contributed by atoms with Gasteiger partial charge in [0.15, 0.2) is 5.43 Å². The number of pyridine rings is 6. The Morgan fingerprint density at radius 2 is 1.31 bits per heavy atom. The van der Waals surface area contributed by atoms with Gasteiger partial charge < -0.3 is 9.97 Å². The van der Waals surface area contributed by atoms with E-state index in [1.165, 1.54) is 23.5 Å². The molecule has 8 rings (SSSR count). The van der Waals surface area contributed by atoms with E-state index in [2.05, 4.69) is 28.8 Å². The second kappa shape index (κ2) is 15.1. The molecule has 272 valence electrons. The van der Waals surface area contributed by atoms with E-state index in [0.29, 0.717) is 54.2 Å². The van der Waals surface area contributed by atoms with E-state index in [1.807, 2.05) is 92.0 Å². The van der Waals surface area contributed by atoms with Crippen LogP contribution in [0.5, 0.6) is 0 Å².